The van der Waals surface area contributed by atoms with Gasteiger partial charge < -0.3 is 15.0 Å². The molecule has 0 radical (unpaired) electrons. The van der Waals surface area contributed by atoms with Crippen LogP contribution in [0.15, 0.2) is 18.6 Å². The maximum atomic E-state index is 5.49. The molecule has 0 spiro atoms. The highest BCUT2D eigenvalue weighted by Gasteiger charge is 2.04. The first-order valence-corrected chi connectivity index (χ1v) is 5.92. The summed E-state index contributed by atoms with van der Waals surface area (Å²) >= 11 is 0. The van der Waals surface area contributed by atoms with Crippen LogP contribution in [-0.4, -0.2) is 55.3 Å². The van der Waals surface area contributed by atoms with Crippen molar-refractivity contribution in [1.82, 2.24) is 20.2 Å². The van der Waals surface area contributed by atoms with Gasteiger partial charge in [0, 0.05) is 37.7 Å². The SMILES string of the molecule is CC(NCCOCCN(C)C)c1cnccn1. The second-order valence-corrected chi connectivity index (χ2v) is 4.22. The van der Waals surface area contributed by atoms with Gasteiger partial charge in [-0.2, -0.15) is 0 Å². The first-order chi connectivity index (χ1) is 8.20. The molecule has 0 bridgehead atoms. The van der Waals surface area contributed by atoms with E-state index in [1.165, 1.54) is 0 Å². The molecule has 1 aromatic rings. The van der Waals surface area contributed by atoms with Crippen molar-refractivity contribution in [3.8, 4) is 0 Å². The molecular formula is C12H22N4O. The minimum absolute atomic E-state index is 0.209. The van der Waals surface area contributed by atoms with Crippen molar-refractivity contribution in [1.29, 1.82) is 0 Å². The van der Waals surface area contributed by atoms with Crippen molar-refractivity contribution in [3.05, 3.63) is 24.3 Å². The first kappa shape index (κ1) is 14.0. The average molecular weight is 238 g/mol. The Morgan fingerprint density at radius 2 is 2.18 bits per heavy atom. The zero-order chi connectivity index (χ0) is 12.5. The van der Waals surface area contributed by atoms with Crippen molar-refractivity contribution in [2.75, 3.05) is 40.4 Å². The average Bonchev–Trinajstić information content (AvgIpc) is 2.34. The highest BCUT2D eigenvalue weighted by atomic mass is 16.5. The lowest BCUT2D eigenvalue weighted by Crippen LogP contribution is -2.25. The van der Waals surface area contributed by atoms with Gasteiger partial charge in [-0.05, 0) is 21.0 Å². The Bertz CT molecular complexity index is 292. The van der Waals surface area contributed by atoms with Gasteiger partial charge in [0.15, 0.2) is 0 Å². The highest BCUT2D eigenvalue weighted by molar-refractivity contribution is 5.00. The summed E-state index contributed by atoms with van der Waals surface area (Å²) in [5.41, 5.74) is 0.959. The van der Waals surface area contributed by atoms with E-state index in [-0.39, 0.29) is 6.04 Å². The summed E-state index contributed by atoms with van der Waals surface area (Å²) < 4.78 is 5.49. The molecule has 0 aliphatic rings. The van der Waals surface area contributed by atoms with Gasteiger partial charge in [-0.25, -0.2) is 0 Å². The fourth-order valence-corrected chi connectivity index (χ4v) is 1.34. The predicted octanol–water partition coefficient (Wildman–Crippen LogP) is 0.705. The minimum atomic E-state index is 0.209. The normalized spacial score (nSPS) is 12.9. The summed E-state index contributed by atoms with van der Waals surface area (Å²) in [7, 11) is 4.08. The van der Waals surface area contributed by atoms with Crippen molar-refractivity contribution >= 4 is 0 Å². The molecular weight excluding hydrogens is 216 g/mol. The third kappa shape index (κ3) is 6.31. The van der Waals surface area contributed by atoms with Crippen molar-refractivity contribution in [2.24, 2.45) is 0 Å². The lowest BCUT2D eigenvalue weighted by molar-refractivity contribution is 0.118. The number of nitrogens with one attached hydrogen (secondary N) is 1. The van der Waals surface area contributed by atoms with E-state index < -0.39 is 0 Å². The Hall–Kier alpha value is -1.04. The summed E-state index contributed by atoms with van der Waals surface area (Å²) in [6.45, 7) is 5.35. The molecule has 0 aliphatic carbocycles. The third-order valence-electron chi connectivity index (χ3n) is 2.41. The van der Waals surface area contributed by atoms with Gasteiger partial charge in [0.05, 0.1) is 18.9 Å². The van der Waals surface area contributed by atoms with Crippen LogP contribution in [0.5, 0.6) is 0 Å². The quantitative estimate of drug-likeness (QED) is 0.676. The van der Waals surface area contributed by atoms with Crippen LogP contribution in [0.2, 0.25) is 0 Å². The second-order valence-electron chi connectivity index (χ2n) is 4.22. The van der Waals surface area contributed by atoms with Crippen LogP contribution in [0.4, 0.5) is 0 Å². The van der Waals surface area contributed by atoms with Crippen LogP contribution in [0, 0.1) is 0 Å². The Balaban J connectivity index is 2.07. The van der Waals surface area contributed by atoms with Gasteiger partial charge in [-0.1, -0.05) is 0 Å². The van der Waals surface area contributed by atoms with E-state index in [0.717, 1.165) is 32.0 Å². The van der Waals surface area contributed by atoms with E-state index in [1.807, 2.05) is 14.1 Å². The topological polar surface area (TPSA) is 50.3 Å². The van der Waals surface area contributed by atoms with E-state index in [9.17, 15) is 0 Å². The van der Waals surface area contributed by atoms with Crippen molar-refractivity contribution < 1.29 is 4.74 Å². The monoisotopic (exact) mass is 238 g/mol. The second kappa shape index (κ2) is 8.11. The molecule has 1 heterocycles. The van der Waals surface area contributed by atoms with Crippen LogP contribution >= 0.6 is 0 Å². The van der Waals surface area contributed by atoms with E-state index in [4.69, 9.17) is 4.74 Å². The van der Waals surface area contributed by atoms with Gasteiger partial charge in [-0.15, -0.1) is 0 Å². The first-order valence-electron chi connectivity index (χ1n) is 5.92. The third-order valence-corrected chi connectivity index (χ3v) is 2.41. The zero-order valence-corrected chi connectivity index (χ0v) is 10.9. The Labute approximate surface area is 103 Å². The van der Waals surface area contributed by atoms with Crippen LogP contribution in [0.3, 0.4) is 0 Å². The molecule has 1 atom stereocenters. The zero-order valence-electron chi connectivity index (χ0n) is 10.9. The maximum Gasteiger partial charge on any atom is 0.0753 e. The molecule has 5 nitrogen and oxygen atoms in total. The minimum Gasteiger partial charge on any atom is -0.379 e. The number of rotatable bonds is 8. The van der Waals surface area contributed by atoms with E-state index >= 15 is 0 Å². The van der Waals surface area contributed by atoms with E-state index in [1.54, 1.807) is 18.6 Å². The lowest BCUT2D eigenvalue weighted by atomic mass is 10.2. The molecule has 0 saturated carbocycles. The van der Waals surface area contributed by atoms with Crippen molar-refractivity contribution in [3.63, 3.8) is 0 Å². The van der Waals surface area contributed by atoms with Gasteiger partial charge in [0.1, 0.15) is 0 Å². The largest absolute Gasteiger partial charge is 0.379 e. The van der Waals surface area contributed by atoms with Crippen LogP contribution < -0.4 is 5.32 Å². The molecule has 0 fully saturated rings. The van der Waals surface area contributed by atoms with E-state index in [2.05, 4.69) is 27.1 Å². The number of likely N-dealkylation sites (N-methyl/N-ethyl adjacent to an activating group) is 1. The molecule has 17 heavy (non-hydrogen) atoms. The van der Waals surface area contributed by atoms with E-state index in [0.29, 0.717) is 0 Å². The molecule has 0 aromatic carbocycles. The van der Waals surface area contributed by atoms with Gasteiger partial charge in [-0.3, -0.25) is 9.97 Å². The van der Waals surface area contributed by atoms with Gasteiger partial charge >= 0.3 is 0 Å². The summed E-state index contributed by atoms with van der Waals surface area (Å²) in [4.78, 5) is 10.4. The molecule has 0 saturated heterocycles. The molecule has 1 N–H and O–H groups in total. The molecule has 1 rings (SSSR count). The molecule has 0 aliphatic heterocycles. The summed E-state index contributed by atoms with van der Waals surface area (Å²) in [6.07, 6.45) is 5.17. The highest BCUT2D eigenvalue weighted by Crippen LogP contribution is 2.05. The smallest absolute Gasteiger partial charge is 0.0753 e. The van der Waals surface area contributed by atoms with Crippen molar-refractivity contribution in [2.45, 2.75) is 13.0 Å². The molecule has 96 valence electrons. The standard InChI is InChI=1S/C12H22N4O/c1-11(12-10-13-4-5-15-12)14-6-8-17-9-7-16(2)3/h4-5,10-11,14H,6-9H2,1-3H3. The Morgan fingerprint density at radius 3 is 2.82 bits per heavy atom. The number of hydrogen-bond acceptors (Lipinski definition) is 5. The summed E-state index contributed by atoms with van der Waals surface area (Å²) in [5, 5.41) is 3.35. The van der Waals surface area contributed by atoms with Crippen LogP contribution in [0.1, 0.15) is 18.7 Å². The Morgan fingerprint density at radius 1 is 1.35 bits per heavy atom. The lowest BCUT2D eigenvalue weighted by Gasteiger charge is -2.13. The van der Waals surface area contributed by atoms with Crippen LogP contribution in [0.25, 0.3) is 0 Å². The fraction of sp³-hybridized carbons (Fsp3) is 0.667. The number of hydrogen-bond donors (Lipinski definition) is 1. The predicted molar refractivity (Wildman–Crippen MR) is 67.8 cm³/mol. The number of nitrogens with zero attached hydrogens (tertiary/aromatic N) is 3. The fourth-order valence-electron chi connectivity index (χ4n) is 1.34. The molecule has 1 unspecified atom stereocenters. The maximum absolute atomic E-state index is 5.49. The summed E-state index contributed by atoms with van der Waals surface area (Å²) in [6, 6.07) is 0.209. The molecule has 0 amide bonds. The number of aromatic nitrogens is 2. The van der Waals surface area contributed by atoms with Gasteiger partial charge in [0.2, 0.25) is 0 Å². The summed E-state index contributed by atoms with van der Waals surface area (Å²) in [5.74, 6) is 0. The molecule has 5 heteroatoms. The Kier molecular flexibility index (Phi) is 6.69. The molecule has 1 aromatic heterocycles. The van der Waals surface area contributed by atoms with Gasteiger partial charge in [0.25, 0.3) is 0 Å². The number of ether oxygens (including phenoxy) is 1. The van der Waals surface area contributed by atoms with Crippen LogP contribution in [-0.2, 0) is 4.74 Å².